The summed E-state index contributed by atoms with van der Waals surface area (Å²) in [6, 6.07) is 5.40. The molecule has 1 aromatic carbocycles. The van der Waals surface area contributed by atoms with Crippen LogP contribution in [-0.4, -0.2) is 62.1 Å². The first-order valence-corrected chi connectivity index (χ1v) is 8.58. The normalized spacial score (nSPS) is 15.6. The number of hydrogen-bond acceptors (Lipinski definition) is 5. The van der Waals surface area contributed by atoms with Crippen molar-refractivity contribution in [1.29, 1.82) is 0 Å². The number of benzene rings is 1. The van der Waals surface area contributed by atoms with E-state index in [4.69, 9.17) is 15.2 Å². The molecule has 1 heterocycles. The van der Waals surface area contributed by atoms with E-state index in [1.165, 1.54) is 0 Å². The number of methoxy groups -OCH3 is 1. The Balaban J connectivity index is 1.69. The highest BCUT2D eigenvalue weighted by Crippen LogP contribution is 2.29. The first-order valence-electron chi connectivity index (χ1n) is 8.58. The number of carbonyl (C=O) groups is 1. The Morgan fingerprint density at radius 3 is 2.54 bits per heavy atom. The number of piperazine rings is 1. The van der Waals surface area contributed by atoms with E-state index in [0.717, 1.165) is 39.1 Å². The monoisotopic (exact) mass is 335 g/mol. The summed E-state index contributed by atoms with van der Waals surface area (Å²) in [7, 11) is 1.62. The Morgan fingerprint density at radius 2 is 1.92 bits per heavy atom. The Hall–Kier alpha value is -1.95. The molecular formula is C18H29N3O3. The van der Waals surface area contributed by atoms with Gasteiger partial charge < -0.3 is 20.1 Å². The van der Waals surface area contributed by atoms with Crippen molar-refractivity contribution in [3.8, 4) is 11.5 Å². The minimum absolute atomic E-state index is 0.0817. The van der Waals surface area contributed by atoms with Crippen molar-refractivity contribution < 1.29 is 14.3 Å². The lowest BCUT2D eigenvalue weighted by molar-refractivity contribution is -0.136. The molecule has 0 bridgehead atoms. The van der Waals surface area contributed by atoms with Gasteiger partial charge in [-0.1, -0.05) is 13.8 Å². The number of anilines is 1. The highest BCUT2D eigenvalue weighted by atomic mass is 16.5. The molecule has 6 nitrogen and oxygen atoms in total. The number of rotatable bonds is 7. The average Bonchev–Trinajstić information content (AvgIpc) is 2.58. The van der Waals surface area contributed by atoms with Crippen LogP contribution in [0.4, 0.5) is 5.69 Å². The molecule has 0 saturated carbocycles. The van der Waals surface area contributed by atoms with Gasteiger partial charge in [0.25, 0.3) is 0 Å². The van der Waals surface area contributed by atoms with Crippen LogP contribution in [0.15, 0.2) is 18.2 Å². The highest BCUT2D eigenvalue weighted by molar-refractivity contribution is 5.78. The molecule has 2 rings (SSSR count). The first-order chi connectivity index (χ1) is 11.5. The molecule has 1 aliphatic heterocycles. The van der Waals surface area contributed by atoms with Crippen molar-refractivity contribution in [3.63, 3.8) is 0 Å². The van der Waals surface area contributed by atoms with E-state index < -0.39 is 0 Å². The van der Waals surface area contributed by atoms with Crippen molar-refractivity contribution >= 4 is 11.6 Å². The molecule has 134 valence electrons. The van der Waals surface area contributed by atoms with E-state index in [9.17, 15) is 4.79 Å². The number of hydrogen-bond donors (Lipinski definition) is 1. The molecule has 2 N–H and O–H groups in total. The second-order valence-corrected chi connectivity index (χ2v) is 6.43. The van der Waals surface area contributed by atoms with E-state index >= 15 is 0 Å². The SMILES string of the molecule is COc1ccc(N)cc1OCCCN1CCN(C(=O)C(C)C)CC1. The fourth-order valence-corrected chi connectivity index (χ4v) is 2.83. The summed E-state index contributed by atoms with van der Waals surface area (Å²) < 4.78 is 11.1. The average molecular weight is 335 g/mol. The van der Waals surface area contributed by atoms with E-state index in [2.05, 4.69) is 4.90 Å². The second kappa shape index (κ2) is 8.78. The Kier molecular flexibility index (Phi) is 6.73. The Bertz CT molecular complexity index is 540. The highest BCUT2D eigenvalue weighted by Gasteiger charge is 2.22. The van der Waals surface area contributed by atoms with Crippen molar-refractivity contribution in [2.45, 2.75) is 20.3 Å². The van der Waals surface area contributed by atoms with E-state index in [-0.39, 0.29) is 11.8 Å². The molecule has 6 heteroatoms. The largest absolute Gasteiger partial charge is 0.493 e. The second-order valence-electron chi connectivity index (χ2n) is 6.43. The molecule has 0 aromatic heterocycles. The third kappa shape index (κ3) is 5.03. The maximum atomic E-state index is 12.0. The summed E-state index contributed by atoms with van der Waals surface area (Å²) in [5.74, 6) is 1.72. The van der Waals surface area contributed by atoms with Gasteiger partial charge in [-0.3, -0.25) is 9.69 Å². The van der Waals surface area contributed by atoms with Crippen molar-refractivity contribution in [3.05, 3.63) is 18.2 Å². The van der Waals surface area contributed by atoms with Crippen molar-refractivity contribution in [2.75, 3.05) is 52.2 Å². The first kappa shape index (κ1) is 18.4. The number of carbonyl (C=O) groups excluding carboxylic acids is 1. The van der Waals surface area contributed by atoms with Gasteiger partial charge in [-0.25, -0.2) is 0 Å². The van der Waals surface area contributed by atoms with Gasteiger partial charge in [0.05, 0.1) is 13.7 Å². The molecule has 24 heavy (non-hydrogen) atoms. The summed E-state index contributed by atoms with van der Waals surface area (Å²) in [5, 5.41) is 0. The molecule has 0 radical (unpaired) electrons. The Labute approximate surface area is 144 Å². The summed E-state index contributed by atoms with van der Waals surface area (Å²) in [6.45, 7) is 8.99. The lowest BCUT2D eigenvalue weighted by Crippen LogP contribution is -2.50. The van der Waals surface area contributed by atoms with Gasteiger partial charge in [0.2, 0.25) is 5.91 Å². The van der Waals surface area contributed by atoms with Gasteiger partial charge in [-0.15, -0.1) is 0 Å². The maximum absolute atomic E-state index is 12.0. The zero-order valence-electron chi connectivity index (χ0n) is 15.0. The number of nitrogen functional groups attached to an aromatic ring is 1. The minimum atomic E-state index is 0.0817. The fraction of sp³-hybridized carbons (Fsp3) is 0.611. The third-order valence-electron chi connectivity index (χ3n) is 4.24. The summed E-state index contributed by atoms with van der Waals surface area (Å²) in [4.78, 5) is 16.3. The van der Waals surface area contributed by atoms with E-state index in [1.807, 2.05) is 24.8 Å². The van der Waals surface area contributed by atoms with Gasteiger partial charge in [0, 0.05) is 50.4 Å². The number of nitrogens with two attached hydrogens (primary N) is 1. The van der Waals surface area contributed by atoms with Crippen LogP contribution in [0.1, 0.15) is 20.3 Å². The molecular weight excluding hydrogens is 306 g/mol. The van der Waals surface area contributed by atoms with Gasteiger partial charge in [-0.05, 0) is 18.6 Å². The standard InChI is InChI=1S/C18H29N3O3/c1-14(2)18(22)21-10-8-20(9-11-21)7-4-12-24-17-13-15(19)5-6-16(17)23-3/h5-6,13-14H,4,7-12,19H2,1-3H3. The molecule has 0 unspecified atom stereocenters. The zero-order chi connectivity index (χ0) is 17.5. The maximum Gasteiger partial charge on any atom is 0.225 e. The number of amides is 1. The summed E-state index contributed by atoms with van der Waals surface area (Å²) in [6.07, 6.45) is 0.927. The smallest absolute Gasteiger partial charge is 0.225 e. The molecule has 1 fully saturated rings. The summed E-state index contributed by atoms with van der Waals surface area (Å²) in [5.41, 5.74) is 6.45. The van der Waals surface area contributed by atoms with Gasteiger partial charge in [-0.2, -0.15) is 0 Å². The van der Waals surface area contributed by atoms with Crippen LogP contribution in [0.5, 0.6) is 11.5 Å². The van der Waals surface area contributed by atoms with Crippen molar-refractivity contribution in [2.24, 2.45) is 5.92 Å². The van der Waals surface area contributed by atoms with Crippen LogP contribution in [-0.2, 0) is 4.79 Å². The predicted octanol–water partition coefficient (Wildman–Crippen LogP) is 1.85. The van der Waals surface area contributed by atoms with Crippen LogP contribution in [0.2, 0.25) is 0 Å². The molecule has 1 saturated heterocycles. The third-order valence-corrected chi connectivity index (χ3v) is 4.24. The number of nitrogens with zero attached hydrogens (tertiary/aromatic N) is 2. The fourth-order valence-electron chi connectivity index (χ4n) is 2.83. The molecule has 1 aromatic rings. The quantitative estimate of drug-likeness (QED) is 0.608. The van der Waals surface area contributed by atoms with E-state index in [1.54, 1.807) is 19.2 Å². The Morgan fingerprint density at radius 1 is 1.21 bits per heavy atom. The lowest BCUT2D eigenvalue weighted by Gasteiger charge is -2.35. The zero-order valence-corrected chi connectivity index (χ0v) is 15.0. The number of ether oxygens (including phenoxy) is 2. The van der Waals surface area contributed by atoms with Crippen LogP contribution < -0.4 is 15.2 Å². The van der Waals surface area contributed by atoms with Crippen molar-refractivity contribution in [1.82, 2.24) is 9.80 Å². The molecule has 0 spiro atoms. The molecule has 1 amide bonds. The van der Waals surface area contributed by atoms with Gasteiger partial charge in [0.15, 0.2) is 11.5 Å². The van der Waals surface area contributed by atoms with E-state index in [0.29, 0.717) is 23.8 Å². The minimum Gasteiger partial charge on any atom is -0.493 e. The topological polar surface area (TPSA) is 68.0 Å². The van der Waals surface area contributed by atoms with Crippen LogP contribution >= 0.6 is 0 Å². The van der Waals surface area contributed by atoms with Crippen LogP contribution in [0.25, 0.3) is 0 Å². The van der Waals surface area contributed by atoms with Gasteiger partial charge >= 0.3 is 0 Å². The lowest BCUT2D eigenvalue weighted by atomic mass is 10.1. The molecule has 0 atom stereocenters. The van der Waals surface area contributed by atoms with Gasteiger partial charge in [0.1, 0.15) is 0 Å². The van der Waals surface area contributed by atoms with Crippen LogP contribution in [0, 0.1) is 5.92 Å². The molecule has 0 aliphatic carbocycles. The summed E-state index contributed by atoms with van der Waals surface area (Å²) >= 11 is 0. The van der Waals surface area contributed by atoms with Crippen LogP contribution in [0.3, 0.4) is 0 Å². The molecule has 1 aliphatic rings. The predicted molar refractivity (Wildman–Crippen MR) is 95.4 cm³/mol.